The Balaban J connectivity index is 2.21. The van der Waals surface area contributed by atoms with Crippen molar-refractivity contribution in [2.24, 2.45) is 5.92 Å². The van der Waals surface area contributed by atoms with E-state index < -0.39 is 5.97 Å². The fourth-order valence-electron chi connectivity index (χ4n) is 1.92. The van der Waals surface area contributed by atoms with E-state index in [9.17, 15) is 4.79 Å². The summed E-state index contributed by atoms with van der Waals surface area (Å²) in [6.07, 6.45) is 0.0384. The maximum atomic E-state index is 11.0. The lowest BCUT2D eigenvalue weighted by Gasteiger charge is -2.01. The van der Waals surface area contributed by atoms with E-state index >= 15 is 0 Å². The number of carbonyl (C=O) groups is 1. The summed E-state index contributed by atoms with van der Waals surface area (Å²) in [6, 6.07) is 9.81. The monoisotopic (exact) mass is 321 g/mol. The van der Waals surface area contributed by atoms with Crippen LogP contribution in [0.15, 0.2) is 30.3 Å². The first-order valence-corrected chi connectivity index (χ1v) is 8.87. The molecular weight excluding hydrogens is 302 g/mol. The van der Waals surface area contributed by atoms with Crippen molar-refractivity contribution in [1.29, 1.82) is 0 Å². The number of hydrogen-bond donors (Lipinski definition) is 1. The fourth-order valence-corrected chi connectivity index (χ4v) is 4.11. The Labute approximate surface area is 133 Å². The predicted octanol–water partition coefficient (Wildman–Crippen LogP) is 4.33. The van der Waals surface area contributed by atoms with E-state index in [1.165, 1.54) is 11.3 Å². The molecule has 0 aliphatic rings. The molecule has 0 saturated carbocycles. The van der Waals surface area contributed by atoms with E-state index in [1.807, 2.05) is 42.1 Å². The molecule has 1 heterocycles. The molecule has 0 aliphatic heterocycles. The standard InChI is InChI=1S/C16H19NO2S2/c1-11(2)9-20-10-14-17-16(12-6-4-3-5-7-12)13(21-14)8-15(18)19/h3-7,11H,8-10H2,1-2H3,(H,18,19). The Kier molecular flexibility index (Phi) is 5.82. The minimum atomic E-state index is -0.808. The molecule has 3 nitrogen and oxygen atoms in total. The minimum Gasteiger partial charge on any atom is -0.481 e. The maximum absolute atomic E-state index is 11.0. The molecule has 5 heteroatoms. The third-order valence-electron chi connectivity index (χ3n) is 2.78. The summed E-state index contributed by atoms with van der Waals surface area (Å²) in [4.78, 5) is 16.5. The van der Waals surface area contributed by atoms with Crippen LogP contribution < -0.4 is 0 Å². The zero-order chi connectivity index (χ0) is 15.2. The second-order valence-corrected chi connectivity index (χ2v) is 7.42. The first-order valence-electron chi connectivity index (χ1n) is 6.89. The molecule has 2 aromatic rings. The van der Waals surface area contributed by atoms with Crippen molar-refractivity contribution in [3.8, 4) is 11.3 Å². The summed E-state index contributed by atoms with van der Waals surface area (Å²) in [5, 5.41) is 10.1. The van der Waals surface area contributed by atoms with Crippen LogP contribution in [0.2, 0.25) is 0 Å². The quantitative estimate of drug-likeness (QED) is 0.825. The second-order valence-electron chi connectivity index (χ2n) is 5.22. The van der Waals surface area contributed by atoms with Crippen LogP contribution in [-0.2, 0) is 17.0 Å². The second kappa shape index (κ2) is 7.61. The first-order chi connectivity index (χ1) is 10.1. The van der Waals surface area contributed by atoms with E-state index in [1.54, 1.807) is 0 Å². The topological polar surface area (TPSA) is 50.2 Å². The van der Waals surface area contributed by atoms with Gasteiger partial charge < -0.3 is 5.11 Å². The average molecular weight is 321 g/mol. The van der Waals surface area contributed by atoms with E-state index in [0.717, 1.165) is 32.6 Å². The molecule has 0 atom stereocenters. The number of carboxylic acids is 1. The molecule has 0 unspecified atom stereocenters. The van der Waals surface area contributed by atoms with Gasteiger partial charge in [-0.15, -0.1) is 11.3 Å². The normalized spacial score (nSPS) is 11.0. The van der Waals surface area contributed by atoms with Crippen molar-refractivity contribution in [3.05, 3.63) is 40.2 Å². The molecule has 0 fully saturated rings. The Bertz CT molecular complexity index is 594. The highest BCUT2D eigenvalue weighted by molar-refractivity contribution is 7.98. The van der Waals surface area contributed by atoms with E-state index in [-0.39, 0.29) is 6.42 Å². The van der Waals surface area contributed by atoms with Gasteiger partial charge in [0.15, 0.2) is 0 Å². The van der Waals surface area contributed by atoms with Gasteiger partial charge in [-0.3, -0.25) is 4.79 Å². The van der Waals surface area contributed by atoms with Gasteiger partial charge in [0.05, 0.1) is 12.1 Å². The number of thioether (sulfide) groups is 1. The highest BCUT2D eigenvalue weighted by Crippen LogP contribution is 2.30. The third kappa shape index (κ3) is 4.86. The number of benzene rings is 1. The molecule has 0 bridgehead atoms. The lowest BCUT2D eigenvalue weighted by molar-refractivity contribution is -0.136. The first kappa shape index (κ1) is 16.0. The van der Waals surface area contributed by atoms with Crippen LogP contribution in [0.3, 0.4) is 0 Å². The fraction of sp³-hybridized carbons (Fsp3) is 0.375. The molecule has 0 radical (unpaired) electrons. The summed E-state index contributed by atoms with van der Waals surface area (Å²) in [5.74, 6) is 1.79. The number of carboxylic acid groups (broad SMARTS) is 1. The Hall–Kier alpha value is -1.33. The van der Waals surface area contributed by atoms with Crippen molar-refractivity contribution < 1.29 is 9.90 Å². The molecule has 2 rings (SSSR count). The highest BCUT2D eigenvalue weighted by atomic mass is 32.2. The highest BCUT2D eigenvalue weighted by Gasteiger charge is 2.15. The lowest BCUT2D eigenvalue weighted by Crippen LogP contribution is -1.99. The van der Waals surface area contributed by atoms with Crippen LogP contribution in [0.25, 0.3) is 11.3 Å². The van der Waals surface area contributed by atoms with Gasteiger partial charge in [0.25, 0.3) is 0 Å². The molecule has 1 aromatic heterocycles. The van der Waals surface area contributed by atoms with Gasteiger partial charge in [0, 0.05) is 16.2 Å². The van der Waals surface area contributed by atoms with Crippen molar-refractivity contribution in [2.45, 2.75) is 26.0 Å². The zero-order valence-electron chi connectivity index (χ0n) is 12.2. The average Bonchev–Trinajstić information content (AvgIpc) is 2.81. The van der Waals surface area contributed by atoms with Gasteiger partial charge in [-0.25, -0.2) is 4.98 Å². The van der Waals surface area contributed by atoms with E-state index in [2.05, 4.69) is 18.8 Å². The molecule has 1 N–H and O–H groups in total. The Morgan fingerprint density at radius 2 is 2.05 bits per heavy atom. The van der Waals surface area contributed by atoms with Gasteiger partial charge >= 0.3 is 5.97 Å². The molecule has 0 saturated heterocycles. The number of rotatable bonds is 7. The van der Waals surface area contributed by atoms with Crippen LogP contribution in [0.5, 0.6) is 0 Å². The molecule has 21 heavy (non-hydrogen) atoms. The van der Waals surface area contributed by atoms with Gasteiger partial charge in [-0.2, -0.15) is 11.8 Å². The molecule has 0 amide bonds. The zero-order valence-corrected chi connectivity index (χ0v) is 13.8. The van der Waals surface area contributed by atoms with Crippen LogP contribution in [0, 0.1) is 5.92 Å². The summed E-state index contributed by atoms with van der Waals surface area (Å²) in [6.45, 7) is 4.39. The Morgan fingerprint density at radius 1 is 1.33 bits per heavy atom. The molecular formula is C16H19NO2S2. The smallest absolute Gasteiger partial charge is 0.308 e. The van der Waals surface area contributed by atoms with Gasteiger partial charge in [0.2, 0.25) is 0 Å². The minimum absolute atomic E-state index is 0.0384. The van der Waals surface area contributed by atoms with Crippen LogP contribution in [0.4, 0.5) is 0 Å². The lowest BCUT2D eigenvalue weighted by atomic mass is 10.1. The largest absolute Gasteiger partial charge is 0.481 e. The SMILES string of the molecule is CC(C)CSCc1nc(-c2ccccc2)c(CC(=O)O)s1. The van der Waals surface area contributed by atoms with Crippen molar-refractivity contribution in [1.82, 2.24) is 4.98 Å². The summed E-state index contributed by atoms with van der Waals surface area (Å²) in [5.41, 5.74) is 1.81. The molecule has 1 aromatic carbocycles. The molecule has 0 aliphatic carbocycles. The number of aliphatic carboxylic acids is 1. The predicted molar refractivity (Wildman–Crippen MR) is 89.9 cm³/mol. The van der Waals surface area contributed by atoms with E-state index in [4.69, 9.17) is 5.11 Å². The van der Waals surface area contributed by atoms with Crippen molar-refractivity contribution in [3.63, 3.8) is 0 Å². The summed E-state index contributed by atoms with van der Waals surface area (Å²) >= 11 is 3.37. The number of aromatic nitrogens is 1. The van der Waals surface area contributed by atoms with Crippen molar-refractivity contribution in [2.75, 3.05) is 5.75 Å². The summed E-state index contributed by atoms with van der Waals surface area (Å²) < 4.78 is 0. The van der Waals surface area contributed by atoms with E-state index in [0.29, 0.717) is 5.92 Å². The number of thiazole rings is 1. The maximum Gasteiger partial charge on any atom is 0.308 e. The van der Waals surface area contributed by atoms with Crippen LogP contribution >= 0.6 is 23.1 Å². The van der Waals surface area contributed by atoms with Crippen molar-refractivity contribution >= 4 is 29.1 Å². The van der Waals surface area contributed by atoms with Gasteiger partial charge in [0.1, 0.15) is 5.01 Å². The third-order valence-corrected chi connectivity index (χ3v) is 5.40. The Morgan fingerprint density at radius 3 is 2.67 bits per heavy atom. The number of nitrogens with zero attached hydrogens (tertiary/aromatic N) is 1. The van der Waals surface area contributed by atoms with Gasteiger partial charge in [-0.1, -0.05) is 44.2 Å². The van der Waals surface area contributed by atoms with Gasteiger partial charge in [-0.05, 0) is 11.7 Å². The number of hydrogen-bond acceptors (Lipinski definition) is 4. The summed E-state index contributed by atoms with van der Waals surface area (Å²) in [7, 11) is 0. The molecule has 112 valence electrons. The molecule has 0 spiro atoms. The van der Waals surface area contributed by atoms with Crippen LogP contribution in [0.1, 0.15) is 23.7 Å². The van der Waals surface area contributed by atoms with Crippen LogP contribution in [-0.4, -0.2) is 21.8 Å².